The quantitative estimate of drug-likeness (QED) is 0.130. The van der Waals surface area contributed by atoms with Crippen molar-refractivity contribution in [2.45, 2.75) is 39.3 Å². The van der Waals surface area contributed by atoms with Gasteiger partial charge >= 0.3 is 0 Å². The van der Waals surface area contributed by atoms with E-state index < -0.39 is 8.80 Å². The Morgan fingerprint density at radius 2 is 0.922 bits per heavy atom. The molecule has 0 radical (unpaired) electrons. The molecule has 0 spiro atoms. The molecule has 0 aromatic heterocycles. The molecule has 242 valence electrons. The van der Waals surface area contributed by atoms with Crippen molar-refractivity contribution in [2.75, 3.05) is 0 Å². The van der Waals surface area contributed by atoms with Crippen LogP contribution in [-0.4, -0.2) is 8.80 Å². The van der Waals surface area contributed by atoms with Crippen molar-refractivity contribution in [3.05, 3.63) is 150 Å². The zero-order valence-electron chi connectivity index (χ0n) is 29.8. The number of rotatable bonds is 3. The van der Waals surface area contributed by atoms with Gasteiger partial charge in [0.15, 0.2) is 0 Å². The molecule has 0 amide bonds. The predicted molar refractivity (Wildman–Crippen MR) is 226 cm³/mol. The maximum absolute atomic E-state index is 2.50. The second-order valence-electron chi connectivity index (χ2n) is 16.0. The van der Waals surface area contributed by atoms with E-state index in [0.717, 1.165) is 0 Å². The molecule has 10 aromatic rings. The minimum atomic E-state index is -0.967. The van der Waals surface area contributed by atoms with Crippen LogP contribution >= 0.6 is 0 Å². The van der Waals surface area contributed by atoms with Gasteiger partial charge < -0.3 is 0 Å². The van der Waals surface area contributed by atoms with Gasteiger partial charge in [0.05, 0.1) is 8.80 Å². The van der Waals surface area contributed by atoms with E-state index in [4.69, 9.17) is 0 Å². The summed E-state index contributed by atoms with van der Waals surface area (Å²) in [6.45, 7) is 11.9. The first-order valence-corrected chi connectivity index (χ1v) is 21.3. The first kappa shape index (κ1) is 29.2. The Kier molecular flexibility index (Phi) is 5.77. The van der Waals surface area contributed by atoms with Gasteiger partial charge in [0.2, 0.25) is 0 Å². The molecule has 0 aliphatic heterocycles. The Morgan fingerprint density at radius 1 is 0.412 bits per heavy atom. The van der Waals surface area contributed by atoms with E-state index in [2.05, 4.69) is 167 Å². The van der Waals surface area contributed by atoms with Crippen LogP contribution in [0.2, 0.25) is 13.1 Å². The third kappa shape index (κ3) is 3.96. The fourth-order valence-electron chi connectivity index (χ4n) is 9.74. The molecule has 0 bridgehead atoms. The summed E-state index contributed by atoms with van der Waals surface area (Å²) in [4.78, 5) is 0. The number of hydrogen-bond acceptors (Lipinski definition) is 0. The number of benzene rings is 10. The highest BCUT2D eigenvalue weighted by molar-refractivity contribution is 6.71. The molecule has 0 N–H and O–H groups in total. The smallest absolute Gasteiger partial charge is 0.0647 e. The molecule has 10 aromatic carbocycles. The summed E-state index contributed by atoms with van der Waals surface area (Å²) in [7, 11) is -0.967. The first-order chi connectivity index (χ1) is 24.7. The molecular formula is C50H38Si. The van der Waals surface area contributed by atoms with E-state index >= 15 is 0 Å². The monoisotopic (exact) mass is 666 g/mol. The first-order valence-electron chi connectivity index (χ1n) is 18.4. The SMILES string of the molecule is Cc1cc2ccc3ccc(-c4ccc5c(c4)C(C)(C)c4cc(-c6cc7cc([SiH](C)C)cc8ccc9cccc6c9c87)ccc4-5)c4ccc(c1)c2c34. The van der Waals surface area contributed by atoms with Crippen molar-refractivity contribution < 1.29 is 0 Å². The summed E-state index contributed by atoms with van der Waals surface area (Å²) in [6.07, 6.45) is 0. The van der Waals surface area contributed by atoms with Gasteiger partial charge in [-0.2, -0.15) is 0 Å². The van der Waals surface area contributed by atoms with E-state index in [-0.39, 0.29) is 5.41 Å². The lowest BCUT2D eigenvalue weighted by atomic mass is 9.80. The van der Waals surface area contributed by atoms with E-state index in [0.29, 0.717) is 0 Å². The maximum Gasteiger partial charge on any atom is 0.0647 e. The van der Waals surface area contributed by atoms with Crippen LogP contribution in [0.3, 0.4) is 0 Å². The zero-order valence-corrected chi connectivity index (χ0v) is 30.9. The van der Waals surface area contributed by atoms with Gasteiger partial charge in [-0.15, -0.1) is 0 Å². The minimum absolute atomic E-state index is 0.131. The maximum atomic E-state index is 2.50. The average molecular weight is 667 g/mol. The molecule has 1 aliphatic rings. The minimum Gasteiger partial charge on any atom is -0.0682 e. The normalized spacial score (nSPS) is 13.9. The third-order valence-electron chi connectivity index (χ3n) is 12.3. The molecule has 51 heavy (non-hydrogen) atoms. The van der Waals surface area contributed by atoms with E-state index in [1.165, 1.54) is 120 Å². The lowest BCUT2D eigenvalue weighted by Crippen LogP contribution is -2.22. The summed E-state index contributed by atoms with van der Waals surface area (Å²) < 4.78 is 0. The molecule has 0 unspecified atom stereocenters. The molecule has 0 saturated carbocycles. The third-order valence-corrected chi connectivity index (χ3v) is 14.0. The summed E-state index contributed by atoms with van der Waals surface area (Å²) in [5, 5.41) is 17.8. The largest absolute Gasteiger partial charge is 0.0682 e. The zero-order chi connectivity index (χ0) is 34.3. The second-order valence-corrected chi connectivity index (χ2v) is 19.0. The van der Waals surface area contributed by atoms with E-state index in [9.17, 15) is 0 Å². The highest BCUT2D eigenvalue weighted by Crippen LogP contribution is 2.52. The van der Waals surface area contributed by atoms with Gasteiger partial charge in [-0.25, -0.2) is 0 Å². The van der Waals surface area contributed by atoms with Crippen molar-refractivity contribution >= 4 is 78.6 Å². The van der Waals surface area contributed by atoms with Crippen LogP contribution < -0.4 is 5.19 Å². The fraction of sp³-hybridized carbons (Fsp3) is 0.120. The Balaban J connectivity index is 1.08. The van der Waals surface area contributed by atoms with Crippen molar-refractivity contribution in [3.8, 4) is 33.4 Å². The lowest BCUT2D eigenvalue weighted by Gasteiger charge is -2.23. The van der Waals surface area contributed by atoms with Crippen LogP contribution in [0.25, 0.3) is 98.0 Å². The molecule has 0 atom stereocenters. The molecule has 1 heteroatoms. The Labute approximate surface area is 300 Å². The van der Waals surface area contributed by atoms with Gasteiger partial charge in [0, 0.05) is 5.41 Å². The van der Waals surface area contributed by atoms with Crippen molar-refractivity contribution in [2.24, 2.45) is 0 Å². The van der Waals surface area contributed by atoms with Crippen molar-refractivity contribution in [1.29, 1.82) is 0 Å². The van der Waals surface area contributed by atoms with Gasteiger partial charge in [-0.3, -0.25) is 0 Å². The molecule has 0 saturated heterocycles. The van der Waals surface area contributed by atoms with Gasteiger partial charge in [-0.05, 0) is 140 Å². The predicted octanol–water partition coefficient (Wildman–Crippen LogP) is 13.1. The molecule has 1 aliphatic carbocycles. The summed E-state index contributed by atoms with van der Waals surface area (Å²) >= 11 is 0. The summed E-state index contributed by atoms with van der Waals surface area (Å²) in [5.41, 5.74) is 12.0. The van der Waals surface area contributed by atoms with Crippen LogP contribution in [0.15, 0.2) is 133 Å². The second kappa shape index (κ2) is 10.1. The van der Waals surface area contributed by atoms with Crippen molar-refractivity contribution in [1.82, 2.24) is 0 Å². The topological polar surface area (TPSA) is 0 Å². The fourth-order valence-corrected chi connectivity index (χ4v) is 10.8. The van der Waals surface area contributed by atoms with E-state index in [1.807, 2.05) is 0 Å². The standard InChI is InChI=1S/C50H38Si/c1-28-21-33-11-10-30-13-17-38(42-20-16-34(22-28)46(33)49(30)42)31-14-18-39-40-19-15-32(27-45(40)50(2,3)44(39)26-31)43-25-36-24-37(51(4)5)23-35-12-9-29-7-6-8-41(43)48(29)47(35)36/h6-27,51H,1-5H3. The molecular weight excluding hydrogens is 629 g/mol. The molecule has 0 heterocycles. The van der Waals surface area contributed by atoms with Gasteiger partial charge in [-0.1, -0.05) is 147 Å². The molecule has 11 rings (SSSR count). The van der Waals surface area contributed by atoms with Crippen LogP contribution in [0.1, 0.15) is 30.5 Å². The molecule has 0 nitrogen and oxygen atoms in total. The van der Waals surface area contributed by atoms with Crippen molar-refractivity contribution in [3.63, 3.8) is 0 Å². The van der Waals surface area contributed by atoms with Crippen LogP contribution in [-0.2, 0) is 5.41 Å². The summed E-state index contributed by atoms with van der Waals surface area (Å²) in [5.74, 6) is 0. The van der Waals surface area contributed by atoms with Crippen LogP contribution in [0.5, 0.6) is 0 Å². The highest BCUT2D eigenvalue weighted by Gasteiger charge is 2.36. The lowest BCUT2D eigenvalue weighted by molar-refractivity contribution is 0.661. The Morgan fingerprint density at radius 3 is 1.61 bits per heavy atom. The number of aryl methyl sites for hydroxylation is 1. The Hall–Kier alpha value is -5.50. The number of fused-ring (bicyclic) bond motifs is 3. The average Bonchev–Trinajstić information content (AvgIpc) is 3.37. The van der Waals surface area contributed by atoms with Crippen LogP contribution in [0.4, 0.5) is 0 Å². The Bertz CT molecular complexity index is 3070. The highest BCUT2D eigenvalue weighted by atomic mass is 28.3. The summed E-state index contributed by atoms with van der Waals surface area (Å²) in [6, 6.07) is 52.0. The molecule has 0 fully saturated rings. The van der Waals surface area contributed by atoms with E-state index in [1.54, 1.807) is 0 Å². The van der Waals surface area contributed by atoms with Gasteiger partial charge in [0.1, 0.15) is 0 Å². The number of hydrogen-bond donors (Lipinski definition) is 0. The van der Waals surface area contributed by atoms with Gasteiger partial charge in [0.25, 0.3) is 0 Å². The van der Waals surface area contributed by atoms with Crippen LogP contribution in [0, 0.1) is 6.92 Å².